The Balaban J connectivity index is 1.34. The second-order valence-corrected chi connectivity index (χ2v) is 11.6. The zero-order valence-corrected chi connectivity index (χ0v) is 23.8. The maximum absolute atomic E-state index is 16.4. The van der Waals surface area contributed by atoms with Crippen LogP contribution in [0.5, 0.6) is 11.5 Å². The van der Waals surface area contributed by atoms with Crippen LogP contribution in [0.15, 0.2) is 128 Å². The Morgan fingerprint density at radius 1 is 0.698 bits per heavy atom. The van der Waals surface area contributed by atoms with Crippen LogP contribution >= 0.6 is 0 Å². The highest BCUT2D eigenvalue weighted by Gasteiger charge is 2.36. The largest absolute Gasteiger partial charge is 0.456 e. The minimum absolute atomic E-state index is 0.250. The lowest BCUT2D eigenvalue weighted by Gasteiger charge is -2.34. The Morgan fingerprint density at radius 3 is 2.30 bits per heavy atom. The predicted octanol–water partition coefficient (Wildman–Crippen LogP) is 9.73. The summed E-state index contributed by atoms with van der Waals surface area (Å²) in [6.45, 7) is 4.48. The Morgan fingerprint density at radius 2 is 1.49 bits per heavy atom. The van der Waals surface area contributed by atoms with E-state index in [1.165, 1.54) is 0 Å². The van der Waals surface area contributed by atoms with Crippen LogP contribution in [0.3, 0.4) is 0 Å². The van der Waals surface area contributed by atoms with Crippen LogP contribution in [0.4, 0.5) is 4.39 Å². The van der Waals surface area contributed by atoms with Crippen LogP contribution in [0.25, 0.3) is 38.9 Å². The quantitative estimate of drug-likeness (QED) is 0.215. The summed E-state index contributed by atoms with van der Waals surface area (Å²) in [7, 11) is 0. The van der Waals surface area contributed by atoms with Crippen molar-refractivity contribution in [2.75, 3.05) is 0 Å². The first kappa shape index (κ1) is 25.4. The standard InChI is InChI=1S/C38H28FN3O/c1-38(2)28-12-3-4-14-33(28)43-37-29(38)18-19-31-35(37)27-17-16-26(23-32(27)42(31)34-15-6-8-21-41-34)36(39)25-11-9-10-24(22-25)30-13-5-7-20-40-30/h3-23,36H,1-2H3. The van der Waals surface area contributed by atoms with Crippen molar-refractivity contribution < 1.29 is 9.13 Å². The van der Waals surface area contributed by atoms with E-state index in [9.17, 15) is 0 Å². The molecule has 3 aromatic heterocycles. The molecule has 0 spiro atoms. The number of rotatable bonds is 4. The van der Waals surface area contributed by atoms with Crippen molar-refractivity contribution in [3.8, 4) is 28.6 Å². The molecule has 1 aliphatic heterocycles. The second kappa shape index (κ2) is 9.63. The van der Waals surface area contributed by atoms with Gasteiger partial charge in [-0.2, -0.15) is 0 Å². The highest BCUT2D eigenvalue weighted by molar-refractivity contribution is 6.13. The summed E-state index contributed by atoms with van der Waals surface area (Å²) in [4.78, 5) is 9.14. The SMILES string of the molecule is CC1(C)c2ccccc2Oc2c1ccc1c2c2ccc(C(F)c3cccc(-c4ccccn4)c3)cc2n1-c1ccccn1. The molecule has 8 rings (SSSR count). The van der Waals surface area contributed by atoms with E-state index in [-0.39, 0.29) is 5.41 Å². The van der Waals surface area contributed by atoms with Crippen molar-refractivity contribution in [2.24, 2.45) is 0 Å². The molecular formula is C38H28FN3O. The van der Waals surface area contributed by atoms with Crippen molar-refractivity contribution in [2.45, 2.75) is 25.4 Å². The molecule has 4 nitrogen and oxygen atoms in total. The number of benzene rings is 4. The van der Waals surface area contributed by atoms with Gasteiger partial charge in [-0.15, -0.1) is 0 Å². The average Bonchev–Trinajstić information content (AvgIpc) is 3.39. The lowest BCUT2D eigenvalue weighted by atomic mass is 9.75. The molecule has 0 radical (unpaired) electrons. The molecule has 4 aromatic carbocycles. The molecule has 4 heterocycles. The first-order valence-electron chi connectivity index (χ1n) is 14.5. The molecule has 0 amide bonds. The lowest BCUT2D eigenvalue weighted by Crippen LogP contribution is -2.24. The van der Waals surface area contributed by atoms with Crippen molar-refractivity contribution in [1.29, 1.82) is 0 Å². The van der Waals surface area contributed by atoms with Crippen molar-refractivity contribution in [3.05, 3.63) is 150 Å². The normalized spacial score (nSPS) is 14.2. The van der Waals surface area contributed by atoms with Gasteiger partial charge in [0.1, 0.15) is 17.3 Å². The number of hydrogen-bond acceptors (Lipinski definition) is 3. The fourth-order valence-electron chi connectivity index (χ4n) is 6.49. The monoisotopic (exact) mass is 561 g/mol. The van der Waals surface area contributed by atoms with Gasteiger partial charge in [-0.25, -0.2) is 9.37 Å². The van der Waals surface area contributed by atoms with Crippen LogP contribution < -0.4 is 4.74 Å². The van der Waals surface area contributed by atoms with Gasteiger partial charge in [0.25, 0.3) is 0 Å². The van der Waals surface area contributed by atoms with E-state index in [4.69, 9.17) is 9.72 Å². The number of aromatic nitrogens is 3. The number of para-hydroxylation sites is 1. The molecule has 5 heteroatoms. The molecular weight excluding hydrogens is 533 g/mol. The third kappa shape index (κ3) is 3.96. The predicted molar refractivity (Wildman–Crippen MR) is 170 cm³/mol. The number of pyridine rings is 2. The van der Waals surface area contributed by atoms with Gasteiger partial charge in [-0.1, -0.05) is 80.6 Å². The van der Waals surface area contributed by atoms with Crippen LogP contribution in [-0.4, -0.2) is 14.5 Å². The highest BCUT2D eigenvalue weighted by atomic mass is 19.1. The van der Waals surface area contributed by atoms with Gasteiger partial charge in [0.15, 0.2) is 6.17 Å². The van der Waals surface area contributed by atoms with E-state index in [0.29, 0.717) is 11.1 Å². The molecule has 7 aromatic rings. The minimum atomic E-state index is -1.32. The summed E-state index contributed by atoms with van der Waals surface area (Å²) >= 11 is 0. The molecule has 208 valence electrons. The van der Waals surface area contributed by atoms with E-state index in [1.54, 1.807) is 12.4 Å². The number of fused-ring (bicyclic) bond motifs is 6. The maximum Gasteiger partial charge on any atom is 0.150 e. The molecule has 0 N–H and O–H groups in total. The Bertz CT molecular complexity index is 2150. The van der Waals surface area contributed by atoms with E-state index < -0.39 is 6.17 Å². The molecule has 1 unspecified atom stereocenters. The molecule has 0 fully saturated rings. The topological polar surface area (TPSA) is 39.9 Å². The van der Waals surface area contributed by atoms with Gasteiger partial charge < -0.3 is 4.74 Å². The smallest absolute Gasteiger partial charge is 0.150 e. The van der Waals surface area contributed by atoms with Gasteiger partial charge in [0.05, 0.1) is 22.1 Å². The first-order chi connectivity index (χ1) is 21.0. The Labute approximate surface area is 249 Å². The summed E-state index contributed by atoms with van der Waals surface area (Å²) in [5.74, 6) is 2.47. The zero-order valence-electron chi connectivity index (χ0n) is 23.8. The molecule has 1 atom stereocenters. The number of alkyl halides is 1. The summed E-state index contributed by atoms with van der Waals surface area (Å²) in [5, 5.41) is 1.99. The molecule has 43 heavy (non-hydrogen) atoms. The van der Waals surface area contributed by atoms with Gasteiger partial charge in [-0.05, 0) is 59.7 Å². The van der Waals surface area contributed by atoms with Gasteiger partial charge in [0.2, 0.25) is 0 Å². The van der Waals surface area contributed by atoms with Crippen molar-refractivity contribution in [3.63, 3.8) is 0 Å². The Hall–Kier alpha value is -5.29. The number of nitrogens with zero attached hydrogens (tertiary/aromatic N) is 3. The van der Waals surface area contributed by atoms with Crippen LogP contribution in [0.2, 0.25) is 0 Å². The average molecular weight is 562 g/mol. The molecule has 0 bridgehead atoms. The van der Waals surface area contributed by atoms with E-state index in [2.05, 4.69) is 47.7 Å². The number of halogens is 1. The third-order valence-corrected chi connectivity index (χ3v) is 8.67. The third-order valence-electron chi connectivity index (χ3n) is 8.67. The molecule has 1 aliphatic rings. The lowest BCUT2D eigenvalue weighted by molar-refractivity contribution is 0.402. The minimum Gasteiger partial charge on any atom is -0.456 e. The highest BCUT2D eigenvalue weighted by Crippen LogP contribution is 2.52. The molecule has 0 saturated carbocycles. The van der Waals surface area contributed by atoms with Gasteiger partial charge in [0, 0.05) is 39.9 Å². The number of hydrogen-bond donors (Lipinski definition) is 0. The van der Waals surface area contributed by atoms with E-state index in [1.807, 2.05) is 91.0 Å². The van der Waals surface area contributed by atoms with Crippen LogP contribution in [-0.2, 0) is 5.41 Å². The van der Waals surface area contributed by atoms with Gasteiger partial charge in [-0.3, -0.25) is 9.55 Å². The van der Waals surface area contributed by atoms with Crippen molar-refractivity contribution >= 4 is 21.8 Å². The molecule has 0 aliphatic carbocycles. The van der Waals surface area contributed by atoms with Crippen LogP contribution in [0.1, 0.15) is 42.3 Å². The van der Waals surface area contributed by atoms with E-state index in [0.717, 1.165) is 61.5 Å². The zero-order chi connectivity index (χ0) is 29.1. The first-order valence-corrected chi connectivity index (χ1v) is 14.5. The van der Waals surface area contributed by atoms with Crippen molar-refractivity contribution in [1.82, 2.24) is 14.5 Å². The van der Waals surface area contributed by atoms with E-state index >= 15 is 4.39 Å². The Kier molecular flexibility index (Phi) is 5.70. The fourth-order valence-corrected chi connectivity index (χ4v) is 6.49. The fraction of sp³-hybridized carbons (Fsp3) is 0.105. The summed E-state index contributed by atoms with van der Waals surface area (Å²) < 4.78 is 25.1. The maximum atomic E-state index is 16.4. The molecule has 0 saturated heterocycles. The number of ether oxygens (including phenoxy) is 1. The summed E-state index contributed by atoms with van der Waals surface area (Å²) in [6.07, 6.45) is 2.22. The van der Waals surface area contributed by atoms with Crippen LogP contribution in [0, 0.1) is 0 Å². The van der Waals surface area contributed by atoms with Gasteiger partial charge >= 0.3 is 0 Å². The summed E-state index contributed by atoms with van der Waals surface area (Å²) in [5.41, 5.74) is 6.74. The summed E-state index contributed by atoms with van der Waals surface area (Å²) in [6, 6.07) is 37.6. The second-order valence-electron chi connectivity index (χ2n) is 11.6.